The number of aryl methyl sites for hydroxylation is 1. The Morgan fingerprint density at radius 2 is 1.96 bits per heavy atom. The van der Waals surface area contributed by atoms with Gasteiger partial charge in [0.2, 0.25) is 11.8 Å². The minimum Gasteiger partial charge on any atom is -0.360 e. The molecule has 0 saturated carbocycles. The van der Waals surface area contributed by atoms with Crippen molar-refractivity contribution in [3.63, 3.8) is 0 Å². The predicted octanol–water partition coefficient (Wildman–Crippen LogP) is 2.81. The van der Waals surface area contributed by atoms with E-state index in [1.54, 1.807) is 19.9 Å². The lowest BCUT2D eigenvalue weighted by molar-refractivity contribution is -0.119. The molecule has 0 radical (unpaired) electrons. The lowest BCUT2D eigenvalue weighted by Gasteiger charge is -2.15. The Labute approximate surface area is 147 Å². The van der Waals surface area contributed by atoms with Crippen molar-refractivity contribution in [1.82, 2.24) is 10.5 Å². The lowest BCUT2D eigenvalue weighted by atomic mass is 10.1. The number of hydrogen-bond donors (Lipinski definition) is 2. The molecule has 1 unspecified atom stereocenters. The third kappa shape index (κ3) is 5.86. The van der Waals surface area contributed by atoms with E-state index in [9.17, 15) is 18.4 Å². The van der Waals surface area contributed by atoms with E-state index in [4.69, 9.17) is 4.52 Å². The fourth-order valence-electron chi connectivity index (χ4n) is 2.05. The van der Waals surface area contributed by atoms with Crippen molar-refractivity contribution in [1.29, 1.82) is 0 Å². The van der Waals surface area contributed by atoms with Crippen LogP contribution in [-0.4, -0.2) is 28.5 Å². The Bertz CT molecular complexity index is 767. The highest BCUT2D eigenvalue weighted by molar-refractivity contribution is 8.00. The Kier molecular flexibility index (Phi) is 6.51. The summed E-state index contributed by atoms with van der Waals surface area (Å²) in [4.78, 5) is 23.6. The number of halogens is 2. The average molecular weight is 369 g/mol. The van der Waals surface area contributed by atoms with Crippen LogP contribution in [0.4, 0.5) is 14.6 Å². The number of rotatable bonds is 7. The van der Waals surface area contributed by atoms with Crippen molar-refractivity contribution >= 4 is 29.4 Å². The quantitative estimate of drug-likeness (QED) is 0.784. The summed E-state index contributed by atoms with van der Waals surface area (Å²) in [6.45, 7) is 3.30. The average Bonchev–Trinajstić information content (AvgIpc) is 2.91. The maximum Gasteiger partial charge on any atom is 0.235 e. The van der Waals surface area contributed by atoms with Gasteiger partial charge in [-0.2, -0.15) is 0 Å². The molecule has 9 heteroatoms. The van der Waals surface area contributed by atoms with Gasteiger partial charge in [-0.05, 0) is 19.9 Å². The van der Waals surface area contributed by atoms with E-state index < -0.39 is 17.7 Å². The number of nitrogens with zero attached hydrogens (tertiary/aromatic N) is 1. The normalized spacial score (nSPS) is 11.8. The van der Waals surface area contributed by atoms with E-state index in [2.05, 4.69) is 15.8 Å². The Morgan fingerprint density at radius 1 is 1.24 bits per heavy atom. The summed E-state index contributed by atoms with van der Waals surface area (Å²) in [6.07, 6.45) is 0. The summed E-state index contributed by atoms with van der Waals surface area (Å²) < 4.78 is 31.4. The molecule has 0 aliphatic carbocycles. The number of amides is 2. The van der Waals surface area contributed by atoms with Crippen LogP contribution in [-0.2, 0) is 9.59 Å². The van der Waals surface area contributed by atoms with Gasteiger partial charge in [-0.25, -0.2) is 8.78 Å². The van der Waals surface area contributed by atoms with E-state index in [0.717, 1.165) is 23.9 Å². The van der Waals surface area contributed by atoms with E-state index in [1.165, 1.54) is 6.07 Å². The van der Waals surface area contributed by atoms with Gasteiger partial charge in [0, 0.05) is 17.7 Å². The molecule has 2 rings (SSSR count). The van der Waals surface area contributed by atoms with Gasteiger partial charge < -0.3 is 15.2 Å². The van der Waals surface area contributed by atoms with Crippen LogP contribution in [0.15, 0.2) is 28.8 Å². The molecule has 0 fully saturated rings. The van der Waals surface area contributed by atoms with Gasteiger partial charge in [0.1, 0.15) is 17.4 Å². The first kappa shape index (κ1) is 18.9. The molecule has 0 bridgehead atoms. The van der Waals surface area contributed by atoms with Gasteiger partial charge in [0.15, 0.2) is 5.82 Å². The van der Waals surface area contributed by atoms with Gasteiger partial charge in [0.05, 0.1) is 17.5 Å². The lowest BCUT2D eigenvalue weighted by Crippen LogP contribution is -2.29. The molecular weight excluding hydrogens is 352 g/mol. The van der Waals surface area contributed by atoms with Crippen LogP contribution in [0.1, 0.15) is 24.3 Å². The van der Waals surface area contributed by atoms with Crippen LogP contribution in [0.2, 0.25) is 0 Å². The zero-order chi connectivity index (χ0) is 18.4. The molecule has 2 N–H and O–H groups in total. The van der Waals surface area contributed by atoms with Gasteiger partial charge in [-0.3, -0.25) is 9.59 Å². The fraction of sp³-hybridized carbons (Fsp3) is 0.312. The molecule has 0 saturated heterocycles. The number of anilines is 1. The van der Waals surface area contributed by atoms with Crippen LogP contribution in [0.3, 0.4) is 0 Å². The minimum absolute atomic E-state index is 0.0262. The summed E-state index contributed by atoms with van der Waals surface area (Å²) >= 11 is 1.10. The molecule has 0 spiro atoms. The highest BCUT2D eigenvalue weighted by atomic mass is 32.2. The number of benzene rings is 1. The number of aromatic nitrogens is 1. The molecule has 0 aliphatic heterocycles. The molecule has 1 heterocycles. The number of carbonyl (C=O) groups excluding carboxylic acids is 2. The first-order valence-corrected chi connectivity index (χ1v) is 8.56. The standard InChI is InChI=1S/C16H17F2N3O3S/c1-9-5-14(21-24-9)20-16(23)8-25-7-15(22)19-10(2)12-4-3-11(17)6-13(12)18/h3-6,10H,7-8H2,1-2H3,(H,19,22)(H,20,21,23). The van der Waals surface area contributed by atoms with Crippen molar-refractivity contribution in [3.05, 3.63) is 47.2 Å². The number of carbonyl (C=O) groups is 2. The Balaban J connectivity index is 1.73. The third-order valence-electron chi connectivity index (χ3n) is 3.17. The predicted molar refractivity (Wildman–Crippen MR) is 90.1 cm³/mol. The second kappa shape index (κ2) is 8.61. The molecule has 2 amide bonds. The SMILES string of the molecule is Cc1cc(NC(=O)CSCC(=O)NC(C)c2ccc(F)cc2F)no1. The van der Waals surface area contributed by atoms with Crippen LogP contribution >= 0.6 is 11.8 Å². The molecule has 1 aromatic carbocycles. The second-order valence-electron chi connectivity index (χ2n) is 5.32. The first-order valence-electron chi connectivity index (χ1n) is 7.40. The largest absolute Gasteiger partial charge is 0.360 e. The van der Waals surface area contributed by atoms with Crippen LogP contribution in [0.5, 0.6) is 0 Å². The molecule has 134 valence electrons. The molecule has 0 aliphatic rings. The zero-order valence-corrected chi connectivity index (χ0v) is 14.5. The summed E-state index contributed by atoms with van der Waals surface area (Å²) in [5.41, 5.74) is 0.193. The highest BCUT2D eigenvalue weighted by Gasteiger charge is 2.15. The van der Waals surface area contributed by atoms with Crippen LogP contribution in [0.25, 0.3) is 0 Å². The van der Waals surface area contributed by atoms with E-state index in [1.807, 2.05) is 0 Å². The summed E-state index contributed by atoms with van der Waals surface area (Å²) in [5.74, 6) is -1.10. The monoisotopic (exact) mass is 369 g/mol. The number of thioether (sulfide) groups is 1. The molecular formula is C16H17F2N3O3S. The topological polar surface area (TPSA) is 84.2 Å². The van der Waals surface area contributed by atoms with Gasteiger partial charge >= 0.3 is 0 Å². The zero-order valence-electron chi connectivity index (χ0n) is 13.6. The van der Waals surface area contributed by atoms with E-state index in [-0.39, 0.29) is 28.9 Å². The van der Waals surface area contributed by atoms with E-state index in [0.29, 0.717) is 11.6 Å². The van der Waals surface area contributed by atoms with Crippen molar-refractivity contribution < 1.29 is 22.9 Å². The van der Waals surface area contributed by atoms with Crippen LogP contribution < -0.4 is 10.6 Å². The second-order valence-corrected chi connectivity index (χ2v) is 6.30. The van der Waals surface area contributed by atoms with E-state index >= 15 is 0 Å². The minimum atomic E-state index is -0.720. The molecule has 1 atom stereocenters. The van der Waals surface area contributed by atoms with Gasteiger partial charge in [0.25, 0.3) is 0 Å². The summed E-state index contributed by atoms with van der Waals surface area (Å²) in [5, 5.41) is 8.76. The summed E-state index contributed by atoms with van der Waals surface area (Å²) in [7, 11) is 0. The maximum absolute atomic E-state index is 13.7. The first-order chi connectivity index (χ1) is 11.8. The van der Waals surface area contributed by atoms with Gasteiger partial charge in [-0.1, -0.05) is 11.2 Å². The molecule has 2 aromatic rings. The Morgan fingerprint density at radius 3 is 2.60 bits per heavy atom. The highest BCUT2D eigenvalue weighted by Crippen LogP contribution is 2.18. The van der Waals surface area contributed by atoms with Crippen molar-refractivity contribution in [2.45, 2.75) is 19.9 Å². The maximum atomic E-state index is 13.7. The molecule has 25 heavy (non-hydrogen) atoms. The Hall–Kier alpha value is -2.42. The number of nitrogens with one attached hydrogen (secondary N) is 2. The van der Waals surface area contributed by atoms with Crippen molar-refractivity contribution in [2.24, 2.45) is 0 Å². The molecule has 1 aromatic heterocycles. The van der Waals surface area contributed by atoms with Gasteiger partial charge in [-0.15, -0.1) is 11.8 Å². The summed E-state index contributed by atoms with van der Waals surface area (Å²) in [6, 6.07) is 4.15. The van der Waals surface area contributed by atoms with Crippen molar-refractivity contribution in [3.8, 4) is 0 Å². The fourth-order valence-corrected chi connectivity index (χ4v) is 2.68. The molecule has 6 nitrogen and oxygen atoms in total. The smallest absolute Gasteiger partial charge is 0.235 e. The number of hydrogen-bond acceptors (Lipinski definition) is 5. The third-order valence-corrected chi connectivity index (χ3v) is 4.10. The van der Waals surface area contributed by atoms with Crippen molar-refractivity contribution in [2.75, 3.05) is 16.8 Å². The van der Waals surface area contributed by atoms with Crippen LogP contribution in [0, 0.1) is 18.6 Å².